The highest BCUT2D eigenvalue weighted by Gasteiger charge is 1.95. The SMILES string of the molecule is Ic1cccc(OCCCc2ccccc2)c1. The quantitative estimate of drug-likeness (QED) is 0.583. The van der Waals surface area contributed by atoms with E-state index in [9.17, 15) is 0 Å². The van der Waals surface area contributed by atoms with Crippen LogP contribution >= 0.6 is 22.6 Å². The van der Waals surface area contributed by atoms with E-state index in [2.05, 4.69) is 59.0 Å². The smallest absolute Gasteiger partial charge is 0.120 e. The first-order valence-electron chi connectivity index (χ1n) is 5.77. The van der Waals surface area contributed by atoms with Crippen LogP contribution in [0.3, 0.4) is 0 Å². The average molecular weight is 338 g/mol. The minimum Gasteiger partial charge on any atom is -0.494 e. The summed E-state index contributed by atoms with van der Waals surface area (Å²) in [5.41, 5.74) is 1.37. The molecule has 0 amide bonds. The third-order valence-corrected chi connectivity index (χ3v) is 3.19. The van der Waals surface area contributed by atoms with Gasteiger partial charge in [-0.25, -0.2) is 0 Å². The van der Waals surface area contributed by atoms with Gasteiger partial charge < -0.3 is 4.74 Å². The van der Waals surface area contributed by atoms with Gasteiger partial charge in [0.25, 0.3) is 0 Å². The fraction of sp³-hybridized carbons (Fsp3) is 0.200. The Morgan fingerprint density at radius 1 is 0.941 bits per heavy atom. The van der Waals surface area contributed by atoms with Gasteiger partial charge >= 0.3 is 0 Å². The lowest BCUT2D eigenvalue weighted by Gasteiger charge is -2.06. The molecular formula is C15H15IO. The molecule has 0 saturated heterocycles. The largest absolute Gasteiger partial charge is 0.494 e. The number of hydrogen-bond donors (Lipinski definition) is 0. The standard InChI is InChI=1S/C15H15IO/c16-14-9-4-10-15(12-14)17-11-5-8-13-6-2-1-3-7-13/h1-4,6-7,9-10,12H,5,8,11H2. The van der Waals surface area contributed by atoms with Crippen LogP contribution in [0.4, 0.5) is 0 Å². The van der Waals surface area contributed by atoms with Crippen molar-refractivity contribution in [3.63, 3.8) is 0 Å². The maximum Gasteiger partial charge on any atom is 0.120 e. The zero-order valence-electron chi connectivity index (χ0n) is 9.60. The molecule has 1 nitrogen and oxygen atoms in total. The monoisotopic (exact) mass is 338 g/mol. The van der Waals surface area contributed by atoms with Gasteiger partial charge in [0.1, 0.15) is 5.75 Å². The van der Waals surface area contributed by atoms with Crippen LogP contribution in [-0.4, -0.2) is 6.61 Å². The Labute approximate surface area is 116 Å². The molecule has 2 rings (SSSR count). The zero-order valence-corrected chi connectivity index (χ0v) is 11.8. The summed E-state index contributed by atoms with van der Waals surface area (Å²) in [6, 6.07) is 18.7. The minimum atomic E-state index is 0.773. The Bertz CT molecular complexity index is 453. The molecule has 0 aliphatic heterocycles. The normalized spacial score (nSPS) is 10.2. The molecule has 0 radical (unpaired) electrons. The van der Waals surface area contributed by atoms with Crippen molar-refractivity contribution in [3.05, 3.63) is 63.7 Å². The van der Waals surface area contributed by atoms with Crippen molar-refractivity contribution in [1.82, 2.24) is 0 Å². The van der Waals surface area contributed by atoms with Gasteiger partial charge in [0.15, 0.2) is 0 Å². The van der Waals surface area contributed by atoms with E-state index < -0.39 is 0 Å². The second-order valence-corrected chi connectivity index (χ2v) is 5.14. The first-order valence-corrected chi connectivity index (χ1v) is 6.85. The average Bonchev–Trinajstić information content (AvgIpc) is 2.36. The highest BCUT2D eigenvalue weighted by molar-refractivity contribution is 14.1. The Morgan fingerprint density at radius 2 is 1.76 bits per heavy atom. The molecule has 0 N–H and O–H groups in total. The van der Waals surface area contributed by atoms with Gasteiger partial charge in [-0.3, -0.25) is 0 Å². The van der Waals surface area contributed by atoms with Gasteiger partial charge in [0.05, 0.1) is 6.61 Å². The highest BCUT2D eigenvalue weighted by atomic mass is 127. The third kappa shape index (κ3) is 4.38. The molecule has 17 heavy (non-hydrogen) atoms. The van der Waals surface area contributed by atoms with Crippen molar-refractivity contribution >= 4 is 22.6 Å². The van der Waals surface area contributed by atoms with Crippen molar-refractivity contribution in [3.8, 4) is 5.75 Å². The van der Waals surface area contributed by atoms with E-state index in [-0.39, 0.29) is 0 Å². The summed E-state index contributed by atoms with van der Waals surface area (Å²) in [6.07, 6.45) is 2.13. The van der Waals surface area contributed by atoms with E-state index in [1.165, 1.54) is 9.13 Å². The van der Waals surface area contributed by atoms with E-state index in [0.29, 0.717) is 0 Å². The van der Waals surface area contributed by atoms with Crippen LogP contribution in [0.15, 0.2) is 54.6 Å². The molecule has 0 saturated carbocycles. The van der Waals surface area contributed by atoms with Crippen LogP contribution in [0.25, 0.3) is 0 Å². The molecular weight excluding hydrogens is 323 g/mol. The number of benzene rings is 2. The van der Waals surface area contributed by atoms with Crippen molar-refractivity contribution < 1.29 is 4.74 Å². The van der Waals surface area contributed by atoms with E-state index >= 15 is 0 Å². The molecule has 88 valence electrons. The van der Waals surface area contributed by atoms with Gasteiger partial charge in [-0.1, -0.05) is 36.4 Å². The van der Waals surface area contributed by atoms with E-state index in [4.69, 9.17) is 4.74 Å². The van der Waals surface area contributed by atoms with E-state index in [0.717, 1.165) is 25.2 Å². The van der Waals surface area contributed by atoms with E-state index in [1.807, 2.05) is 18.2 Å². The number of halogens is 1. The Kier molecular flexibility index (Phi) is 4.86. The molecule has 0 unspecified atom stereocenters. The van der Waals surface area contributed by atoms with E-state index in [1.54, 1.807) is 0 Å². The van der Waals surface area contributed by atoms with Gasteiger partial charge in [-0.15, -0.1) is 0 Å². The zero-order chi connectivity index (χ0) is 11.9. The highest BCUT2D eigenvalue weighted by Crippen LogP contribution is 2.15. The molecule has 2 aromatic carbocycles. The van der Waals surface area contributed by atoms with Crippen molar-refractivity contribution in [2.24, 2.45) is 0 Å². The Balaban J connectivity index is 1.73. The Morgan fingerprint density at radius 3 is 2.53 bits per heavy atom. The lowest BCUT2D eigenvalue weighted by Crippen LogP contribution is -1.99. The molecule has 0 heterocycles. The minimum absolute atomic E-state index is 0.773. The summed E-state index contributed by atoms with van der Waals surface area (Å²) in [6.45, 7) is 0.773. The second kappa shape index (κ2) is 6.64. The molecule has 0 bridgehead atoms. The molecule has 2 aromatic rings. The second-order valence-electron chi connectivity index (χ2n) is 3.89. The van der Waals surface area contributed by atoms with Gasteiger partial charge in [-0.05, 0) is 59.2 Å². The fourth-order valence-corrected chi connectivity index (χ4v) is 2.18. The first kappa shape index (κ1) is 12.4. The summed E-state index contributed by atoms with van der Waals surface area (Å²) in [4.78, 5) is 0. The molecule has 0 atom stereocenters. The summed E-state index contributed by atoms with van der Waals surface area (Å²) in [7, 11) is 0. The van der Waals surface area contributed by atoms with Crippen LogP contribution in [0, 0.1) is 3.57 Å². The Hall–Kier alpha value is -1.03. The van der Waals surface area contributed by atoms with Crippen LogP contribution in [0.1, 0.15) is 12.0 Å². The van der Waals surface area contributed by atoms with Crippen molar-refractivity contribution in [2.75, 3.05) is 6.61 Å². The number of hydrogen-bond acceptors (Lipinski definition) is 1. The first-order chi connectivity index (χ1) is 8.34. The maximum atomic E-state index is 5.70. The molecule has 0 aromatic heterocycles. The van der Waals surface area contributed by atoms with Gasteiger partial charge in [-0.2, -0.15) is 0 Å². The van der Waals surface area contributed by atoms with Gasteiger partial charge in [0.2, 0.25) is 0 Å². The van der Waals surface area contributed by atoms with Crippen LogP contribution in [-0.2, 0) is 6.42 Å². The molecule has 0 aliphatic rings. The topological polar surface area (TPSA) is 9.23 Å². The van der Waals surface area contributed by atoms with Crippen molar-refractivity contribution in [1.29, 1.82) is 0 Å². The number of ether oxygens (including phenoxy) is 1. The summed E-state index contributed by atoms with van der Waals surface area (Å²) in [5.74, 6) is 0.963. The maximum absolute atomic E-state index is 5.70. The van der Waals surface area contributed by atoms with Crippen LogP contribution in [0.5, 0.6) is 5.75 Å². The summed E-state index contributed by atoms with van der Waals surface area (Å²) < 4.78 is 6.92. The van der Waals surface area contributed by atoms with Crippen molar-refractivity contribution in [2.45, 2.75) is 12.8 Å². The van der Waals surface area contributed by atoms with Crippen LogP contribution < -0.4 is 4.74 Å². The molecule has 0 spiro atoms. The van der Waals surface area contributed by atoms with Crippen LogP contribution in [0.2, 0.25) is 0 Å². The predicted molar refractivity (Wildman–Crippen MR) is 79.4 cm³/mol. The molecule has 0 fully saturated rings. The fourth-order valence-electron chi connectivity index (χ4n) is 1.67. The third-order valence-electron chi connectivity index (χ3n) is 2.52. The number of aryl methyl sites for hydroxylation is 1. The summed E-state index contributed by atoms with van der Waals surface area (Å²) in [5, 5.41) is 0. The number of rotatable bonds is 5. The predicted octanol–water partition coefficient (Wildman–Crippen LogP) is 4.30. The summed E-state index contributed by atoms with van der Waals surface area (Å²) >= 11 is 2.30. The lowest BCUT2D eigenvalue weighted by atomic mass is 10.1. The molecule has 2 heteroatoms. The molecule has 0 aliphatic carbocycles. The van der Waals surface area contributed by atoms with Gasteiger partial charge in [0, 0.05) is 3.57 Å². The lowest BCUT2D eigenvalue weighted by molar-refractivity contribution is 0.311.